The lowest BCUT2D eigenvalue weighted by Gasteiger charge is -2.49. The molecule has 1 heterocycles. The average Bonchev–Trinajstić information content (AvgIpc) is 2.53. The smallest absolute Gasteiger partial charge is 0.379 e. The molecule has 0 amide bonds. The molecule has 1 aromatic rings. The van der Waals surface area contributed by atoms with Gasteiger partial charge >= 0.3 is 11.9 Å². The highest BCUT2D eigenvalue weighted by Gasteiger charge is 2.66. The molecule has 158 valence electrons. The molecule has 1 aliphatic heterocycles. The zero-order chi connectivity index (χ0) is 21.5. The minimum atomic E-state index is -4.00. The van der Waals surface area contributed by atoms with E-state index in [0.29, 0.717) is 4.47 Å². The molecular formula is C19H26BrF2NO4S. The van der Waals surface area contributed by atoms with Gasteiger partial charge in [-0.3, -0.25) is 0 Å². The Bertz CT molecular complexity index is 795. The third kappa shape index (κ3) is 4.26. The first-order valence-electron chi connectivity index (χ1n) is 8.90. The van der Waals surface area contributed by atoms with E-state index in [1.54, 1.807) is 46.8 Å². The minimum Gasteiger partial charge on any atom is -0.487 e. The summed E-state index contributed by atoms with van der Waals surface area (Å²) in [6, 6.07) is 4.68. The predicted octanol–water partition coefficient (Wildman–Crippen LogP) is 4.46. The zero-order valence-corrected chi connectivity index (χ0v) is 19.2. The summed E-state index contributed by atoms with van der Waals surface area (Å²) in [6.45, 7) is 9.55. The highest BCUT2D eigenvalue weighted by atomic mass is 79.9. The summed E-state index contributed by atoms with van der Waals surface area (Å²) in [5.74, 6) is -5.47. The zero-order valence-electron chi connectivity index (χ0n) is 16.8. The van der Waals surface area contributed by atoms with Crippen molar-refractivity contribution in [3.05, 3.63) is 28.2 Å². The number of nitrogens with one attached hydrogen (secondary N) is 1. The lowest BCUT2D eigenvalue weighted by atomic mass is 9.74. The van der Waals surface area contributed by atoms with Gasteiger partial charge in [0.05, 0.1) is 22.3 Å². The van der Waals surface area contributed by atoms with Gasteiger partial charge in [0.1, 0.15) is 16.9 Å². The van der Waals surface area contributed by atoms with Gasteiger partial charge < -0.3 is 9.47 Å². The molecule has 28 heavy (non-hydrogen) atoms. The van der Waals surface area contributed by atoms with Crippen LogP contribution in [0.25, 0.3) is 0 Å². The Morgan fingerprint density at radius 3 is 2.50 bits per heavy atom. The Labute approximate surface area is 175 Å². The number of ether oxygens (including phenoxy) is 2. The SMILES string of the molecule is CCOC(=O)C(F)(F)[C@@]1(N[S@](=O)C(C)(C)C)CC(C)(C)Oc2ccc(Br)cc21. The van der Waals surface area contributed by atoms with Gasteiger partial charge in [0.15, 0.2) is 0 Å². The number of halogens is 3. The maximum absolute atomic E-state index is 15.7. The number of hydrogen-bond donors (Lipinski definition) is 1. The third-order valence-corrected chi connectivity index (χ3v) is 6.51. The number of esters is 1. The summed E-state index contributed by atoms with van der Waals surface area (Å²) in [4.78, 5) is 12.3. The van der Waals surface area contributed by atoms with E-state index in [-0.39, 0.29) is 24.3 Å². The van der Waals surface area contributed by atoms with Crippen molar-refractivity contribution < 1.29 is 27.3 Å². The van der Waals surface area contributed by atoms with Crippen molar-refractivity contribution in [3.63, 3.8) is 0 Å². The van der Waals surface area contributed by atoms with Crippen LogP contribution < -0.4 is 9.46 Å². The maximum Gasteiger partial charge on any atom is 0.379 e. The van der Waals surface area contributed by atoms with E-state index in [9.17, 15) is 9.00 Å². The lowest BCUT2D eigenvalue weighted by molar-refractivity contribution is -0.191. The molecule has 0 unspecified atom stereocenters. The molecule has 0 saturated heterocycles. The molecule has 1 N–H and O–H groups in total. The molecule has 5 nitrogen and oxygen atoms in total. The van der Waals surface area contributed by atoms with E-state index < -0.39 is 38.8 Å². The number of carbonyl (C=O) groups is 1. The Kier molecular flexibility index (Phi) is 6.34. The number of fused-ring (bicyclic) bond motifs is 1. The van der Waals surface area contributed by atoms with Crippen LogP contribution in [-0.4, -0.2) is 33.1 Å². The molecule has 0 saturated carbocycles. The standard InChI is InChI=1S/C19H26BrF2NO4S/c1-7-26-15(24)19(21,22)18(23-28(25)16(2,3)4)11-17(5,6)27-14-9-8-12(20)10-13(14)18/h8-10,23H,7,11H2,1-6H3/t18-,28-/m1/s1. The second-order valence-electron chi connectivity index (χ2n) is 8.36. The fraction of sp³-hybridized carbons (Fsp3) is 0.632. The second-order valence-corrected chi connectivity index (χ2v) is 11.2. The molecular weight excluding hydrogens is 456 g/mol. The van der Waals surface area contributed by atoms with E-state index in [1.165, 1.54) is 13.0 Å². The van der Waals surface area contributed by atoms with Gasteiger partial charge in [-0.15, -0.1) is 0 Å². The third-order valence-electron chi connectivity index (χ3n) is 4.37. The van der Waals surface area contributed by atoms with Crippen LogP contribution in [-0.2, 0) is 26.1 Å². The van der Waals surface area contributed by atoms with E-state index >= 15 is 8.78 Å². The minimum absolute atomic E-state index is 0.0526. The molecule has 0 radical (unpaired) electrons. The summed E-state index contributed by atoms with van der Waals surface area (Å²) in [5.41, 5.74) is -3.28. The summed E-state index contributed by atoms with van der Waals surface area (Å²) >= 11 is 3.29. The van der Waals surface area contributed by atoms with Gasteiger partial charge in [0, 0.05) is 16.5 Å². The number of alkyl halides is 2. The Hall–Kier alpha value is -1.06. The van der Waals surface area contributed by atoms with Gasteiger partial charge in [-0.1, -0.05) is 15.9 Å². The molecule has 1 aliphatic rings. The molecule has 1 aromatic carbocycles. The van der Waals surface area contributed by atoms with E-state index in [0.717, 1.165) is 0 Å². The van der Waals surface area contributed by atoms with Crippen molar-refractivity contribution in [2.45, 2.75) is 69.8 Å². The van der Waals surface area contributed by atoms with Gasteiger partial charge in [0.2, 0.25) is 0 Å². The number of benzene rings is 1. The van der Waals surface area contributed by atoms with Crippen LogP contribution in [0.4, 0.5) is 8.78 Å². The molecule has 0 spiro atoms. The monoisotopic (exact) mass is 481 g/mol. The molecule has 0 aromatic heterocycles. The van der Waals surface area contributed by atoms with Crippen molar-refractivity contribution in [3.8, 4) is 5.75 Å². The van der Waals surface area contributed by atoms with E-state index in [1.807, 2.05) is 0 Å². The lowest BCUT2D eigenvalue weighted by Crippen LogP contribution is -2.66. The Balaban J connectivity index is 2.80. The van der Waals surface area contributed by atoms with Crippen molar-refractivity contribution in [2.24, 2.45) is 0 Å². The van der Waals surface area contributed by atoms with Crippen LogP contribution in [0.3, 0.4) is 0 Å². The first kappa shape index (κ1) is 23.2. The van der Waals surface area contributed by atoms with Gasteiger partial charge in [-0.25, -0.2) is 13.7 Å². The summed E-state index contributed by atoms with van der Waals surface area (Å²) in [6.07, 6.45) is -0.295. The molecule has 0 aliphatic carbocycles. The van der Waals surface area contributed by atoms with Crippen molar-refractivity contribution in [1.29, 1.82) is 0 Å². The van der Waals surface area contributed by atoms with Gasteiger partial charge in [0.25, 0.3) is 0 Å². The molecule has 0 bridgehead atoms. The number of carbonyl (C=O) groups excluding carboxylic acids is 1. The highest BCUT2D eigenvalue weighted by Crippen LogP contribution is 2.52. The van der Waals surface area contributed by atoms with Crippen LogP contribution in [0.15, 0.2) is 22.7 Å². The summed E-state index contributed by atoms with van der Waals surface area (Å²) < 4.78 is 57.2. The van der Waals surface area contributed by atoms with Crippen LogP contribution in [0.2, 0.25) is 0 Å². The summed E-state index contributed by atoms with van der Waals surface area (Å²) in [7, 11) is -1.90. The summed E-state index contributed by atoms with van der Waals surface area (Å²) in [5, 5.41) is 0. The Morgan fingerprint density at radius 2 is 1.96 bits per heavy atom. The van der Waals surface area contributed by atoms with Gasteiger partial charge in [-0.05, 0) is 59.7 Å². The van der Waals surface area contributed by atoms with Gasteiger partial charge in [-0.2, -0.15) is 8.78 Å². The van der Waals surface area contributed by atoms with E-state index in [2.05, 4.69) is 25.4 Å². The van der Waals surface area contributed by atoms with Crippen molar-refractivity contribution in [1.82, 2.24) is 4.72 Å². The first-order valence-corrected chi connectivity index (χ1v) is 10.8. The maximum atomic E-state index is 15.7. The molecule has 0 fully saturated rings. The second kappa shape index (κ2) is 7.65. The van der Waals surface area contributed by atoms with Crippen molar-refractivity contribution >= 4 is 32.9 Å². The number of rotatable bonds is 5. The van der Waals surface area contributed by atoms with Crippen LogP contribution in [0, 0.1) is 0 Å². The molecule has 2 atom stereocenters. The highest BCUT2D eigenvalue weighted by molar-refractivity contribution is 9.10. The fourth-order valence-corrected chi connectivity index (χ4v) is 4.43. The van der Waals surface area contributed by atoms with Crippen LogP contribution in [0.1, 0.15) is 53.5 Å². The van der Waals surface area contributed by atoms with E-state index in [4.69, 9.17) is 4.74 Å². The molecule has 9 heteroatoms. The normalized spacial score (nSPS) is 22.8. The first-order chi connectivity index (χ1) is 12.7. The quantitative estimate of drug-likeness (QED) is 0.630. The van der Waals surface area contributed by atoms with Crippen LogP contribution >= 0.6 is 15.9 Å². The largest absolute Gasteiger partial charge is 0.487 e. The Morgan fingerprint density at radius 1 is 1.36 bits per heavy atom. The van der Waals surface area contributed by atoms with Crippen molar-refractivity contribution in [2.75, 3.05) is 6.61 Å². The predicted molar refractivity (Wildman–Crippen MR) is 108 cm³/mol. The average molecular weight is 482 g/mol. The van der Waals surface area contributed by atoms with Crippen LogP contribution in [0.5, 0.6) is 5.75 Å². The topological polar surface area (TPSA) is 64.6 Å². The molecule has 2 rings (SSSR count). The number of hydrogen-bond acceptors (Lipinski definition) is 4. The fourth-order valence-electron chi connectivity index (χ4n) is 3.13.